The number of hydrogen-bond donors (Lipinski definition) is 3. The number of nitrogens with two attached hydrogens (primary N) is 1. The summed E-state index contributed by atoms with van der Waals surface area (Å²) < 4.78 is 18.8. The first-order valence-corrected chi connectivity index (χ1v) is 9.10. The van der Waals surface area contributed by atoms with Crippen LogP contribution in [0.5, 0.6) is 5.75 Å². The maximum atomic E-state index is 13.5. The number of methoxy groups -OCH3 is 1. The Labute approximate surface area is 180 Å². The molecule has 4 N–H and O–H groups in total. The van der Waals surface area contributed by atoms with E-state index < -0.39 is 22.3 Å². The Morgan fingerprint density at radius 2 is 2.06 bits per heavy atom. The molecule has 0 spiro atoms. The third kappa shape index (κ3) is 5.34. The normalized spacial score (nSPS) is 10.4. The van der Waals surface area contributed by atoms with Crippen LogP contribution in [0.1, 0.15) is 5.56 Å². The molecule has 0 saturated carbocycles. The third-order valence-corrected chi connectivity index (χ3v) is 4.31. The molecule has 0 bridgehead atoms. The highest BCUT2D eigenvalue weighted by atomic mass is 35.5. The molecule has 0 unspecified atom stereocenters. The Kier molecular flexibility index (Phi) is 6.46. The summed E-state index contributed by atoms with van der Waals surface area (Å²) in [5.74, 6) is -0.731. The van der Waals surface area contributed by atoms with E-state index in [9.17, 15) is 19.3 Å². The van der Waals surface area contributed by atoms with Crippen LogP contribution in [0.3, 0.4) is 0 Å². The van der Waals surface area contributed by atoms with E-state index in [1.54, 1.807) is 18.2 Å². The van der Waals surface area contributed by atoms with Crippen LogP contribution in [-0.2, 0) is 11.2 Å². The van der Waals surface area contributed by atoms with Crippen molar-refractivity contribution in [1.29, 1.82) is 0 Å². The zero-order valence-electron chi connectivity index (χ0n) is 16.1. The summed E-state index contributed by atoms with van der Waals surface area (Å²) in [7, 11) is 1.48. The Bertz CT molecular complexity index is 1160. The van der Waals surface area contributed by atoms with E-state index in [1.165, 1.54) is 19.4 Å². The molecule has 3 aromatic rings. The second kappa shape index (κ2) is 9.22. The maximum absolute atomic E-state index is 13.5. The number of carbonyl (C=O) groups excluding carboxylic acids is 1. The van der Waals surface area contributed by atoms with Gasteiger partial charge in [0.2, 0.25) is 17.7 Å². The quantitative estimate of drug-likeness (QED) is 0.350. The molecule has 2 aromatic carbocycles. The third-order valence-electron chi connectivity index (χ3n) is 4.04. The lowest BCUT2D eigenvalue weighted by atomic mass is 10.1. The van der Waals surface area contributed by atoms with E-state index in [0.717, 1.165) is 12.1 Å². The van der Waals surface area contributed by atoms with Crippen molar-refractivity contribution < 1.29 is 18.8 Å². The van der Waals surface area contributed by atoms with E-state index >= 15 is 0 Å². The predicted molar refractivity (Wildman–Crippen MR) is 113 cm³/mol. The number of anilines is 4. The standard InChI is InChI=1S/C19H16ClFN6O4/c1-31-16-5-2-10(7-17(22)28)6-14(16)25-18-12(20)9-23-19(26-18)24-11-3-4-13(21)15(8-11)27(29)30/h2-6,8-9H,7H2,1H3,(H2,22,28)(H2,23,24,25,26). The number of halogens is 2. The number of nitro benzene ring substituents is 1. The fourth-order valence-electron chi connectivity index (χ4n) is 2.67. The molecule has 0 aliphatic rings. The minimum absolute atomic E-state index is 0.0341. The first kappa shape index (κ1) is 21.7. The van der Waals surface area contributed by atoms with Crippen molar-refractivity contribution in [3.8, 4) is 5.75 Å². The molecule has 1 heterocycles. The van der Waals surface area contributed by atoms with Gasteiger partial charge in [-0.05, 0) is 29.8 Å². The highest BCUT2D eigenvalue weighted by Gasteiger charge is 2.16. The first-order chi connectivity index (χ1) is 14.8. The number of nitro groups is 1. The van der Waals surface area contributed by atoms with Gasteiger partial charge in [0.15, 0.2) is 5.82 Å². The van der Waals surface area contributed by atoms with Gasteiger partial charge in [0.05, 0.1) is 30.3 Å². The molecule has 10 nitrogen and oxygen atoms in total. The van der Waals surface area contributed by atoms with Crippen LogP contribution in [0.4, 0.5) is 33.2 Å². The molecule has 0 aliphatic carbocycles. The van der Waals surface area contributed by atoms with Gasteiger partial charge in [-0.2, -0.15) is 9.37 Å². The average Bonchev–Trinajstić information content (AvgIpc) is 2.71. The molecule has 0 radical (unpaired) electrons. The Hall–Kier alpha value is -3.99. The lowest BCUT2D eigenvalue weighted by molar-refractivity contribution is -0.387. The van der Waals surface area contributed by atoms with Gasteiger partial charge in [0.1, 0.15) is 10.8 Å². The summed E-state index contributed by atoms with van der Waals surface area (Å²) in [4.78, 5) is 29.6. The highest BCUT2D eigenvalue weighted by Crippen LogP contribution is 2.32. The Balaban J connectivity index is 1.89. The fourth-order valence-corrected chi connectivity index (χ4v) is 2.80. The monoisotopic (exact) mass is 446 g/mol. The van der Waals surface area contributed by atoms with Crippen molar-refractivity contribution in [2.24, 2.45) is 5.73 Å². The van der Waals surface area contributed by atoms with Crippen molar-refractivity contribution in [2.45, 2.75) is 6.42 Å². The largest absolute Gasteiger partial charge is 0.495 e. The average molecular weight is 447 g/mol. The number of ether oxygens (including phenoxy) is 1. The lowest BCUT2D eigenvalue weighted by Gasteiger charge is -2.14. The van der Waals surface area contributed by atoms with Crippen molar-refractivity contribution in [3.63, 3.8) is 0 Å². The van der Waals surface area contributed by atoms with Crippen LogP contribution in [0, 0.1) is 15.9 Å². The van der Waals surface area contributed by atoms with Crippen LogP contribution in [0.2, 0.25) is 5.02 Å². The molecule has 0 fully saturated rings. The van der Waals surface area contributed by atoms with Crippen LogP contribution >= 0.6 is 11.6 Å². The van der Waals surface area contributed by atoms with Gasteiger partial charge < -0.3 is 21.1 Å². The summed E-state index contributed by atoms with van der Waals surface area (Å²) in [6.45, 7) is 0. The Morgan fingerprint density at radius 1 is 1.29 bits per heavy atom. The van der Waals surface area contributed by atoms with E-state index in [1.807, 2.05) is 0 Å². The maximum Gasteiger partial charge on any atom is 0.306 e. The number of rotatable bonds is 8. The Morgan fingerprint density at radius 3 is 2.74 bits per heavy atom. The number of aromatic nitrogens is 2. The minimum Gasteiger partial charge on any atom is -0.495 e. The number of amides is 1. The van der Waals surface area contributed by atoms with E-state index in [0.29, 0.717) is 17.0 Å². The summed E-state index contributed by atoms with van der Waals surface area (Å²) in [5, 5.41) is 16.9. The van der Waals surface area contributed by atoms with Gasteiger partial charge in [0, 0.05) is 11.8 Å². The van der Waals surface area contributed by atoms with Crippen LogP contribution in [0.15, 0.2) is 42.6 Å². The molecule has 1 aromatic heterocycles. The molecule has 1 amide bonds. The molecular weight excluding hydrogens is 431 g/mol. The number of primary amides is 1. The molecular formula is C19H16ClFN6O4. The second-order valence-corrected chi connectivity index (χ2v) is 6.65. The topological polar surface area (TPSA) is 145 Å². The zero-order valence-corrected chi connectivity index (χ0v) is 16.8. The molecule has 31 heavy (non-hydrogen) atoms. The van der Waals surface area contributed by atoms with Crippen molar-refractivity contribution >= 4 is 46.3 Å². The van der Waals surface area contributed by atoms with Crippen molar-refractivity contribution in [1.82, 2.24) is 9.97 Å². The van der Waals surface area contributed by atoms with Crippen molar-refractivity contribution in [3.05, 3.63) is 69.1 Å². The molecule has 0 saturated heterocycles. The van der Waals surface area contributed by atoms with E-state index in [4.69, 9.17) is 22.1 Å². The van der Waals surface area contributed by atoms with Gasteiger partial charge >= 0.3 is 5.69 Å². The summed E-state index contributed by atoms with van der Waals surface area (Å²) >= 11 is 6.19. The lowest BCUT2D eigenvalue weighted by Crippen LogP contribution is -2.13. The highest BCUT2D eigenvalue weighted by molar-refractivity contribution is 6.32. The SMILES string of the molecule is COc1ccc(CC(N)=O)cc1Nc1nc(Nc2ccc(F)c([N+](=O)[O-])c2)ncc1Cl. The smallest absolute Gasteiger partial charge is 0.306 e. The van der Waals surface area contributed by atoms with Crippen LogP contribution in [0.25, 0.3) is 0 Å². The van der Waals surface area contributed by atoms with Crippen LogP contribution in [-0.4, -0.2) is 27.9 Å². The van der Waals surface area contributed by atoms with Crippen molar-refractivity contribution in [2.75, 3.05) is 17.7 Å². The number of benzene rings is 2. The van der Waals surface area contributed by atoms with Gasteiger partial charge in [0.25, 0.3) is 0 Å². The number of carbonyl (C=O) groups is 1. The molecule has 0 atom stereocenters. The number of nitrogens with one attached hydrogen (secondary N) is 2. The van der Waals surface area contributed by atoms with Gasteiger partial charge in [-0.15, -0.1) is 0 Å². The van der Waals surface area contributed by atoms with E-state index in [2.05, 4.69) is 20.6 Å². The van der Waals surface area contributed by atoms with Gasteiger partial charge in [-0.25, -0.2) is 4.98 Å². The zero-order chi connectivity index (χ0) is 22.5. The summed E-state index contributed by atoms with van der Waals surface area (Å²) in [6, 6.07) is 8.32. The number of nitrogens with zero attached hydrogens (tertiary/aromatic N) is 3. The fraction of sp³-hybridized carbons (Fsp3) is 0.105. The molecule has 160 valence electrons. The first-order valence-electron chi connectivity index (χ1n) is 8.72. The van der Waals surface area contributed by atoms with Gasteiger partial charge in [-0.1, -0.05) is 17.7 Å². The summed E-state index contributed by atoms with van der Waals surface area (Å²) in [6.07, 6.45) is 1.35. The molecule has 0 aliphatic heterocycles. The second-order valence-electron chi connectivity index (χ2n) is 6.24. The van der Waals surface area contributed by atoms with E-state index in [-0.39, 0.29) is 28.9 Å². The van der Waals surface area contributed by atoms with Gasteiger partial charge in [-0.3, -0.25) is 14.9 Å². The minimum atomic E-state index is -0.960. The number of hydrogen-bond acceptors (Lipinski definition) is 8. The summed E-state index contributed by atoms with van der Waals surface area (Å²) in [5.41, 5.74) is 5.90. The van der Waals surface area contributed by atoms with Crippen LogP contribution < -0.4 is 21.1 Å². The molecule has 12 heteroatoms. The predicted octanol–water partition coefficient (Wildman–Crippen LogP) is 3.70. The molecule has 3 rings (SSSR count).